The lowest BCUT2D eigenvalue weighted by Crippen LogP contribution is -2.41. The Hall–Kier alpha value is -2.67. The maximum Gasteiger partial charge on any atom is 0.255 e. The molecule has 2 aromatic rings. The van der Waals surface area contributed by atoms with Crippen LogP contribution in [0.3, 0.4) is 0 Å². The van der Waals surface area contributed by atoms with Crippen molar-refractivity contribution in [1.82, 2.24) is 14.9 Å². The maximum atomic E-state index is 12.7. The van der Waals surface area contributed by atoms with Crippen LogP contribution in [-0.2, 0) is 0 Å². The minimum absolute atomic E-state index is 0.00638. The number of hydrogen-bond donors (Lipinski definition) is 1. The lowest BCUT2D eigenvalue weighted by molar-refractivity contribution is 0.0594. The quantitative estimate of drug-likeness (QED) is 0.803. The standard InChI is InChI=1S/C20H26N4O3/c1-23(10-3-13-25)19-6-5-16(14-22-19)20(26)24-11-7-17(8-12-24)27-18-4-2-9-21-15-18/h2,4-6,9,14-15,17,25H,3,7-8,10-13H2,1H3. The molecule has 1 fully saturated rings. The van der Waals surface area contributed by atoms with Crippen molar-refractivity contribution in [2.45, 2.75) is 25.4 Å². The lowest BCUT2D eigenvalue weighted by atomic mass is 10.1. The van der Waals surface area contributed by atoms with Gasteiger partial charge in [0.15, 0.2) is 0 Å². The molecule has 1 amide bonds. The highest BCUT2D eigenvalue weighted by atomic mass is 16.5. The van der Waals surface area contributed by atoms with Crippen LogP contribution < -0.4 is 9.64 Å². The van der Waals surface area contributed by atoms with Crippen molar-refractivity contribution in [2.24, 2.45) is 0 Å². The topological polar surface area (TPSA) is 78.8 Å². The monoisotopic (exact) mass is 370 g/mol. The van der Waals surface area contributed by atoms with E-state index in [4.69, 9.17) is 9.84 Å². The Morgan fingerprint density at radius 2 is 2.11 bits per heavy atom. The number of pyridine rings is 2. The van der Waals surface area contributed by atoms with Crippen LogP contribution in [0.15, 0.2) is 42.9 Å². The molecular weight excluding hydrogens is 344 g/mol. The summed E-state index contributed by atoms with van der Waals surface area (Å²) in [6, 6.07) is 7.42. The van der Waals surface area contributed by atoms with E-state index in [1.54, 1.807) is 18.6 Å². The molecule has 3 heterocycles. The summed E-state index contributed by atoms with van der Waals surface area (Å²) >= 11 is 0. The molecule has 0 bridgehead atoms. The molecule has 3 rings (SSSR count). The number of aliphatic hydroxyl groups is 1. The van der Waals surface area contributed by atoms with Crippen LogP contribution in [0.25, 0.3) is 0 Å². The average Bonchev–Trinajstić information content (AvgIpc) is 2.73. The molecule has 1 N–H and O–H groups in total. The molecule has 0 unspecified atom stereocenters. The van der Waals surface area contributed by atoms with Crippen LogP contribution in [0.1, 0.15) is 29.6 Å². The zero-order chi connectivity index (χ0) is 19.1. The molecule has 1 aliphatic rings. The Morgan fingerprint density at radius 1 is 1.30 bits per heavy atom. The molecule has 144 valence electrons. The van der Waals surface area contributed by atoms with Crippen molar-refractivity contribution >= 4 is 11.7 Å². The minimum atomic E-state index is 0.00638. The number of likely N-dealkylation sites (tertiary alicyclic amines) is 1. The highest BCUT2D eigenvalue weighted by molar-refractivity contribution is 5.94. The number of aromatic nitrogens is 2. The summed E-state index contributed by atoms with van der Waals surface area (Å²) in [6.07, 6.45) is 7.46. The van der Waals surface area contributed by atoms with Gasteiger partial charge >= 0.3 is 0 Å². The smallest absolute Gasteiger partial charge is 0.255 e. The summed E-state index contributed by atoms with van der Waals surface area (Å²) in [5.74, 6) is 1.57. The Balaban J connectivity index is 1.51. The molecule has 0 radical (unpaired) electrons. The molecule has 0 aromatic carbocycles. The van der Waals surface area contributed by atoms with Crippen molar-refractivity contribution in [3.8, 4) is 5.75 Å². The molecule has 7 heteroatoms. The van der Waals surface area contributed by atoms with Gasteiger partial charge in [-0.2, -0.15) is 0 Å². The Kier molecular flexibility index (Phi) is 6.59. The van der Waals surface area contributed by atoms with Gasteiger partial charge in [0.2, 0.25) is 0 Å². The molecule has 0 aliphatic carbocycles. The molecule has 27 heavy (non-hydrogen) atoms. The van der Waals surface area contributed by atoms with Gasteiger partial charge in [0.05, 0.1) is 11.8 Å². The zero-order valence-electron chi connectivity index (χ0n) is 15.6. The van der Waals surface area contributed by atoms with E-state index in [1.807, 2.05) is 41.1 Å². The molecule has 1 saturated heterocycles. The number of nitrogens with zero attached hydrogens (tertiary/aromatic N) is 4. The van der Waals surface area contributed by atoms with Gasteiger partial charge in [0.1, 0.15) is 17.7 Å². The van der Waals surface area contributed by atoms with Crippen LogP contribution in [-0.4, -0.2) is 65.3 Å². The van der Waals surface area contributed by atoms with Crippen LogP contribution in [0.4, 0.5) is 5.82 Å². The van der Waals surface area contributed by atoms with Gasteiger partial charge in [-0.15, -0.1) is 0 Å². The fourth-order valence-corrected chi connectivity index (χ4v) is 3.13. The number of carbonyl (C=O) groups excluding carboxylic acids is 1. The predicted octanol–water partition coefficient (Wildman–Crippen LogP) is 1.98. The number of amides is 1. The largest absolute Gasteiger partial charge is 0.489 e. The molecular formula is C20H26N4O3. The highest BCUT2D eigenvalue weighted by Gasteiger charge is 2.25. The van der Waals surface area contributed by atoms with Gasteiger partial charge in [-0.05, 0) is 30.7 Å². The van der Waals surface area contributed by atoms with E-state index in [-0.39, 0.29) is 18.6 Å². The molecule has 0 saturated carbocycles. The van der Waals surface area contributed by atoms with E-state index < -0.39 is 0 Å². The number of anilines is 1. The molecule has 0 spiro atoms. The Morgan fingerprint density at radius 3 is 2.74 bits per heavy atom. The van der Waals surface area contributed by atoms with Crippen molar-refractivity contribution in [3.63, 3.8) is 0 Å². The molecule has 7 nitrogen and oxygen atoms in total. The average molecular weight is 370 g/mol. The second-order valence-electron chi connectivity index (χ2n) is 6.70. The number of hydrogen-bond acceptors (Lipinski definition) is 6. The summed E-state index contributed by atoms with van der Waals surface area (Å²) in [5.41, 5.74) is 0.598. The van der Waals surface area contributed by atoms with E-state index in [0.717, 1.165) is 31.0 Å². The highest BCUT2D eigenvalue weighted by Crippen LogP contribution is 2.20. The predicted molar refractivity (Wildman–Crippen MR) is 103 cm³/mol. The van der Waals surface area contributed by atoms with E-state index >= 15 is 0 Å². The van der Waals surface area contributed by atoms with Gasteiger partial charge in [-0.1, -0.05) is 0 Å². The van der Waals surface area contributed by atoms with Crippen LogP contribution in [0.5, 0.6) is 5.75 Å². The molecule has 1 aliphatic heterocycles. The van der Waals surface area contributed by atoms with Crippen LogP contribution in [0.2, 0.25) is 0 Å². The normalized spacial score (nSPS) is 14.8. The van der Waals surface area contributed by atoms with Crippen molar-refractivity contribution in [1.29, 1.82) is 0 Å². The first-order chi connectivity index (χ1) is 13.2. The Labute approximate surface area is 159 Å². The van der Waals surface area contributed by atoms with E-state index in [1.165, 1.54) is 0 Å². The molecule has 2 aromatic heterocycles. The Bertz CT molecular complexity index is 716. The van der Waals surface area contributed by atoms with E-state index in [0.29, 0.717) is 25.1 Å². The van der Waals surface area contributed by atoms with Gasteiger partial charge < -0.3 is 19.6 Å². The van der Waals surface area contributed by atoms with Gasteiger partial charge in [-0.3, -0.25) is 9.78 Å². The second-order valence-corrected chi connectivity index (χ2v) is 6.70. The summed E-state index contributed by atoms with van der Waals surface area (Å²) in [4.78, 5) is 25.0. The van der Waals surface area contributed by atoms with Crippen molar-refractivity contribution < 1.29 is 14.6 Å². The van der Waals surface area contributed by atoms with Crippen LogP contribution >= 0.6 is 0 Å². The van der Waals surface area contributed by atoms with E-state index in [9.17, 15) is 4.79 Å². The number of rotatable bonds is 7. The first kappa shape index (κ1) is 19.1. The number of piperidine rings is 1. The van der Waals surface area contributed by atoms with Crippen molar-refractivity contribution in [3.05, 3.63) is 48.4 Å². The third kappa shape index (κ3) is 5.17. The number of carbonyl (C=O) groups is 1. The number of aliphatic hydroxyl groups excluding tert-OH is 1. The lowest BCUT2D eigenvalue weighted by Gasteiger charge is -2.32. The minimum Gasteiger partial charge on any atom is -0.489 e. The first-order valence-corrected chi connectivity index (χ1v) is 9.31. The number of ether oxygens (including phenoxy) is 1. The SMILES string of the molecule is CN(CCCO)c1ccc(C(=O)N2CCC(Oc3cccnc3)CC2)cn1. The zero-order valence-corrected chi connectivity index (χ0v) is 15.6. The fourth-order valence-electron chi connectivity index (χ4n) is 3.13. The van der Waals surface area contributed by atoms with Crippen molar-refractivity contribution in [2.75, 3.05) is 38.2 Å². The third-order valence-electron chi connectivity index (χ3n) is 4.70. The van der Waals surface area contributed by atoms with E-state index in [2.05, 4.69) is 9.97 Å². The first-order valence-electron chi connectivity index (χ1n) is 9.31. The third-order valence-corrected chi connectivity index (χ3v) is 4.70. The summed E-state index contributed by atoms with van der Waals surface area (Å²) in [6.45, 7) is 2.21. The van der Waals surface area contributed by atoms with Gasteiger partial charge in [0, 0.05) is 58.5 Å². The van der Waals surface area contributed by atoms with Gasteiger partial charge in [-0.25, -0.2) is 4.98 Å². The van der Waals surface area contributed by atoms with Crippen LogP contribution in [0, 0.1) is 0 Å². The maximum absolute atomic E-state index is 12.7. The fraction of sp³-hybridized carbons (Fsp3) is 0.450. The summed E-state index contributed by atoms with van der Waals surface area (Å²) in [7, 11) is 1.92. The van der Waals surface area contributed by atoms with Gasteiger partial charge in [0.25, 0.3) is 5.91 Å². The summed E-state index contributed by atoms with van der Waals surface area (Å²) in [5, 5.41) is 8.92. The molecule has 0 atom stereocenters. The summed E-state index contributed by atoms with van der Waals surface area (Å²) < 4.78 is 5.93. The second kappa shape index (κ2) is 9.32.